The highest BCUT2D eigenvalue weighted by Gasteiger charge is 2.10. The zero-order chi connectivity index (χ0) is 11.4. The third-order valence-electron chi connectivity index (χ3n) is 1.93. The molecule has 0 radical (unpaired) electrons. The Bertz CT molecular complexity index is 377. The SMILES string of the molecule is C#CC(CC)Nc1c(Cl)cc(F)cc1Br. The van der Waals surface area contributed by atoms with Crippen LogP contribution in [0.5, 0.6) is 0 Å². The van der Waals surface area contributed by atoms with E-state index in [9.17, 15) is 4.39 Å². The van der Waals surface area contributed by atoms with Crippen molar-refractivity contribution >= 4 is 33.2 Å². The summed E-state index contributed by atoms with van der Waals surface area (Å²) < 4.78 is 13.5. The average Bonchev–Trinajstić information content (AvgIpc) is 2.17. The summed E-state index contributed by atoms with van der Waals surface area (Å²) in [7, 11) is 0. The molecule has 0 saturated carbocycles. The number of halogens is 3. The highest BCUT2D eigenvalue weighted by Crippen LogP contribution is 2.32. The van der Waals surface area contributed by atoms with Crippen LogP contribution in [0.1, 0.15) is 13.3 Å². The molecule has 1 atom stereocenters. The Balaban J connectivity index is 3.00. The largest absolute Gasteiger partial charge is 0.369 e. The first-order valence-corrected chi connectivity index (χ1v) is 5.62. The third-order valence-corrected chi connectivity index (χ3v) is 2.86. The number of anilines is 1. The number of hydrogen-bond acceptors (Lipinski definition) is 1. The van der Waals surface area contributed by atoms with Crippen molar-refractivity contribution in [3.63, 3.8) is 0 Å². The van der Waals surface area contributed by atoms with Gasteiger partial charge in [-0.1, -0.05) is 24.4 Å². The quantitative estimate of drug-likeness (QED) is 0.828. The van der Waals surface area contributed by atoms with E-state index in [1.165, 1.54) is 12.1 Å². The minimum Gasteiger partial charge on any atom is -0.369 e. The van der Waals surface area contributed by atoms with E-state index < -0.39 is 0 Å². The molecule has 1 unspecified atom stereocenters. The second kappa shape index (κ2) is 5.39. The van der Waals surface area contributed by atoms with Gasteiger partial charge in [0.1, 0.15) is 5.82 Å². The van der Waals surface area contributed by atoms with Crippen LogP contribution >= 0.6 is 27.5 Å². The lowest BCUT2D eigenvalue weighted by molar-refractivity contribution is 0.627. The zero-order valence-electron chi connectivity index (χ0n) is 8.15. The molecule has 0 aliphatic carbocycles. The van der Waals surface area contributed by atoms with Crippen molar-refractivity contribution < 1.29 is 4.39 Å². The molecule has 0 aromatic heterocycles. The van der Waals surface area contributed by atoms with Gasteiger partial charge in [-0.15, -0.1) is 6.42 Å². The van der Waals surface area contributed by atoms with Crippen LogP contribution < -0.4 is 5.32 Å². The maximum Gasteiger partial charge on any atom is 0.125 e. The van der Waals surface area contributed by atoms with E-state index in [2.05, 4.69) is 27.2 Å². The second-order valence-corrected chi connectivity index (χ2v) is 4.28. The number of rotatable bonds is 3. The molecule has 0 saturated heterocycles. The van der Waals surface area contributed by atoms with E-state index in [-0.39, 0.29) is 11.9 Å². The van der Waals surface area contributed by atoms with Gasteiger partial charge in [0, 0.05) is 4.47 Å². The Morgan fingerprint density at radius 3 is 2.80 bits per heavy atom. The van der Waals surface area contributed by atoms with E-state index >= 15 is 0 Å². The fraction of sp³-hybridized carbons (Fsp3) is 0.273. The van der Waals surface area contributed by atoms with E-state index in [4.69, 9.17) is 18.0 Å². The minimum atomic E-state index is -0.383. The van der Waals surface area contributed by atoms with Gasteiger partial charge < -0.3 is 5.32 Å². The fourth-order valence-electron chi connectivity index (χ4n) is 1.12. The first kappa shape index (κ1) is 12.4. The summed E-state index contributed by atoms with van der Waals surface area (Å²) in [5.74, 6) is 2.20. The molecule has 1 aromatic carbocycles. The molecule has 80 valence electrons. The van der Waals surface area contributed by atoms with Gasteiger partial charge in [-0.05, 0) is 34.5 Å². The molecule has 0 aliphatic rings. The van der Waals surface area contributed by atoms with Crippen LogP contribution in [0.4, 0.5) is 10.1 Å². The second-order valence-electron chi connectivity index (χ2n) is 3.02. The Kier molecular flexibility index (Phi) is 4.44. The van der Waals surface area contributed by atoms with Crippen LogP contribution in [0.15, 0.2) is 16.6 Å². The van der Waals surface area contributed by atoms with Crippen LogP contribution in [0.25, 0.3) is 0 Å². The monoisotopic (exact) mass is 289 g/mol. The van der Waals surface area contributed by atoms with E-state index in [0.717, 1.165) is 6.42 Å². The van der Waals surface area contributed by atoms with Gasteiger partial charge in [-0.3, -0.25) is 0 Å². The van der Waals surface area contributed by atoms with Gasteiger partial charge >= 0.3 is 0 Å². The number of hydrogen-bond donors (Lipinski definition) is 1. The van der Waals surface area contributed by atoms with Gasteiger partial charge in [-0.25, -0.2) is 4.39 Å². The predicted molar refractivity (Wildman–Crippen MR) is 65.6 cm³/mol. The molecule has 15 heavy (non-hydrogen) atoms. The van der Waals surface area contributed by atoms with E-state index in [1.54, 1.807) is 0 Å². The van der Waals surface area contributed by atoms with E-state index in [0.29, 0.717) is 15.2 Å². The Morgan fingerprint density at radius 2 is 2.33 bits per heavy atom. The molecular formula is C11H10BrClFN. The minimum absolute atomic E-state index is 0.107. The number of benzene rings is 1. The maximum absolute atomic E-state index is 12.9. The van der Waals surface area contributed by atoms with Crippen LogP contribution in [0, 0.1) is 18.2 Å². The molecule has 0 heterocycles. The lowest BCUT2D eigenvalue weighted by atomic mass is 10.2. The van der Waals surface area contributed by atoms with Gasteiger partial charge in [0.25, 0.3) is 0 Å². The number of nitrogens with one attached hydrogen (secondary N) is 1. The van der Waals surface area contributed by atoms with Crippen molar-refractivity contribution in [1.82, 2.24) is 0 Å². The first-order valence-electron chi connectivity index (χ1n) is 4.45. The van der Waals surface area contributed by atoms with E-state index in [1.807, 2.05) is 6.92 Å². The topological polar surface area (TPSA) is 12.0 Å². The van der Waals surface area contributed by atoms with Crippen molar-refractivity contribution in [1.29, 1.82) is 0 Å². The van der Waals surface area contributed by atoms with Crippen molar-refractivity contribution in [3.05, 3.63) is 27.4 Å². The molecule has 1 aromatic rings. The fourth-order valence-corrected chi connectivity index (χ4v) is 2.04. The van der Waals surface area contributed by atoms with Crippen molar-refractivity contribution in [2.75, 3.05) is 5.32 Å². The molecule has 1 N–H and O–H groups in total. The summed E-state index contributed by atoms with van der Waals surface area (Å²) >= 11 is 9.12. The normalized spacial score (nSPS) is 11.9. The standard InChI is InChI=1S/C11H10BrClFN/c1-3-8(4-2)15-11-9(12)5-7(14)6-10(11)13/h1,5-6,8,15H,4H2,2H3. The van der Waals surface area contributed by atoms with Crippen LogP contribution in [0.3, 0.4) is 0 Å². The molecule has 1 rings (SSSR count). The van der Waals surface area contributed by atoms with Crippen molar-refractivity contribution in [2.45, 2.75) is 19.4 Å². The summed E-state index contributed by atoms with van der Waals surface area (Å²) in [6.45, 7) is 1.96. The summed E-state index contributed by atoms with van der Waals surface area (Å²) in [4.78, 5) is 0. The smallest absolute Gasteiger partial charge is 0.125 e. The zero-order valence-corrected chi connectivity index (χ0v) is 10.5. The van der Waals surface area contributed by atoms with Gasteiger partial charge in [-0.2, -0.15) is 0 Å². The molecule has 0 aliphatic heterocycles. The average molecular weight is 291 g/mol. The highest BCUT2D eigenvalue weighted by molar-refractivity contribution is 9.10. The van der Waals surface area contributed by atoms with Gasteiger partial charge in [0.15, 0.2) is 0 Å². The lowest BCUT2D eigenvalue weighted by Crippen LogP contribution is -2.16. The molecule has 0 spiro atoms. The molecule has 4 heteroatoms. The summed E-state index contributed by atoms with van der Waals surface area (Å²) in [6, 6.07) is 2.49. The van der Waals surface area contributed by atoms with Crippen LogP contribution in [-0.4, -0.2) is 6.04 Å². The van der Waals surface area contributed by atoms with Gasteiger partial charge in [0.2, 0.25) is 0 Å². The lowest BCUT2D eigenvalue weighted by Gasteiger charge is -2.15. The van der Waals surface area contributed by atoms with Gasteiger partial charge in [0.05, 0.1) is 16.8 Å². The van der Waals surface area contributed by atoms with Crippen LogP contribution in [-0.2, 0) is 0 Å². The molecular weight excluding hydrogens is 280 g/mol. The highest BCUT2D eigenvalue weighted by atomic mass is 79.9. The summed E-state index contributed by atoms with van der Waals surface area (Å²) in [5, 5.41) is 3.38. The van der Waals surface area contributed by atoms with Crippen molar-refractivity contribution in [3.8, 4) is 12.3 Å². The van der Waals surface area contributed by atoms with Crippen molar-refractivity contribution in [2.24, 2.45) is 0 Å². The Hall–Kier alpha value is -0.720. The number of terminal acetylenes is 1. The molecule has 0 bridgehead atoms. The molecule has 0 fully saturated rings. The van der Waals surface area contributed by atoms with Crippen LogP contribution in [0.2, 0.25) is 5.02 Å². The Morgan fingerprint density at radius 1 is 1.67 bits per heavy atom. The summed E-state index contributed by atoms with van der Waals surface area (Å²) in [6.07, 6.45) is 6.09. The third kappa shape index (κ3) is 3.12. The summed E-state index contributed by atoms with van der Waals surface area (Å²) in [5.41, 5.74) is 0.628. The molecule has 1 nitrogen and oxygen atoms in total. The first-order chi connectivity index (χ1) is 7.08. The molecule has 0 amide bonds. The predicted octanol–water partition coefficient (Wildman–Crippen LogP) is 4.07. The Labute approximate surface area is 102 Å². The maximum atomic E-state index is 12.9.